The van der Waals surface area contributed by atoms with Crippen molar-refractivity contribution in [2.75, 3.05) is 7.11 Å². The van der Waals surface area contributed by atoms with Crippen molar-refractivity contribution in [3.8, 4) is 5.75 Å². The SMILES string of the molecule is C.COc1ccc2ccc(CC(=O)O)cc2c1. The highest BCUT2D eigenvalue weighted by Gasteiger charge is 2.02. The minimum Gasteiger partial charge on any atom is -0.497 e. The second kappa shape index (κ2) is 5.34. The standard InChI is InChI=1S/C13H12O3.CH4/c1-16-12-5-4-10-3-2-9(7-13(14)15)6-11(10)8-12;/h2-6,8H,7H2,1H3,(H,14,15);1H4. The maximum atomic E-state index is 10.6. The molecule has 0 atom stereocenters. The Hall–Kier alpha value is -2.03. The molecule has 2 rings (SSSR count). The summed E-state index contributed by atoms with van der Waals surface area (Å²) in [6, 6.07) is 11.4. The summed E-state index contributed by atoms with van der Waals surface area (Å²) < 4.78 is 5.13. The molecule has 0 aliphatic heterocycles. The van der Waals surface area contributed by atoms with Gasteiger partial charge in [-0.1, -0.05) is 31.7 Å². The van der Waals surface area contributed by atoms with E-state index in [1.165, 1.54) is 0 Å². The lowest BCUT2D eigenvalue weighted by Gasteiger charge is -2.04. The van der Waals surface area contributed by atoms with Gasteiger partial charge in [-0.3, -0.25) is 4.79 Å². The van der Waals surface area contributed by atoms with Crippen LogP contribution >= 0.6 is 0 Å². The van der Waals surface area contributed by atoms with Crippen LogP contribution in [0, 0.1) is 0 Å². The van der Waals surface area contributed by atoms with E-state index in [1.54, 1.807) is 7.11 Å². The van der Waals surface area contributed by atoms with Crippen molar-refractivity contribution in [3.63, 3.8) is 0 Å². The Morgan fingerprint density at radius 2 is 1.88 bits per heavy atom. The molecule has 0 fully saturated rings. The van der Waals surface area contributed by atoms with Crippen molar-refractivity contribution < 1.29 is 14.6 Å². The molecule has 3 heteroatoms. The Labute approximate surface area is 101 Å². The number of methoxy groups -OCH3 is 1. The van der Waals surface area contributed by atoms with Gasteiger partial charge in [0, 0.05) is 0 Å². The first-order chi connectivity index (χ1) is 7.69. The van der Waals surface area contributed by atoms with E-state index < -0.39 is 5.97 Å². The average molecular weight is 232 g/mol. The molecule has 0 saturated carbocycles. The summed E-state index contributed by atoms with van der Waals surface area (Å²) in [5.74, 6) is -0.0396. The third-order valence-corrected chi connectivity index (χ3v) is 2.47. The fourth-order valence-electron chi connectivity index (χ4n) is 1.69. The number of carbonyl (C=O) groups is 1. The van der Waals surface area contributed by atoms with Crippen molar-refractivity contribution in [1.29, 1.82) is 0 Å². The second-order valence-electron chi connectivity index (χ2n) is 3.62. The molecule has 0 bridgehead atoms. The summed E-state index contributed by atoms with van der Waals surface area (Å²) >= 11 is 0. The van der Waals surface area contributed by atoms with Gasteiger partial charge in [-0.25, -0.2) is 0 Å². The van der Waals surface area contributed by atoms with E-state index in [0.717, 1.165) is 22.1 Å². The molecule has 0 saturated heterocycles. The van der Waals surface area contributed by atoms with Crippen molar-refractivity contribution in [1.82, 2.24) is 0 Å². The largest absolute Gasteiger partial charge is 0.497 e. The van der Waals surface area contributed by atoms with Crippen molar-refractivity contribution in [3.05, 3.63) is 42.0 Å². The number of rotatable bonds is 3. The summed E-state index contributed by atoms with van der Waals surface area (Å²) in [4.78, 5) is 10.6. The van der Waals surface area contributed by atoms with Crippen LogP contribution in [0.15, 0.2) is 36.4 Å². The molecular formula is C14H16O3. The molecule has 0 aromatic heterocycles. The van der Waals surface area contributed by atoms with Gasteiger partial charge < -0.3 is 9.84 Å². The molecule has 90 valence electrons. The van der Waals surface area contributed by atoms with Gasteiger partial charge in [-0.2, -0.15) is 0 Å². The summed E-state index contributed by atoms with van der Waals surface area (Å²) in [7, 11) is 1.61. The van der Waals surface area contributed by atoms with Crippen LogP contribution in [0.3, 0.4) is 0 Å². The van der Waals surface area contributed by atoms with Crippen LogP contribution in [0.2, 0.25) is 0 Å². The molecule has 0 spiro atoms. The monoisotopic (exact) mass is 232 g/mol. The van der Waals surface area contributed by atoms with Crippen LogP contribution in [-0.4, -0.2) is 18.2 Å². The molecule has 0 amide bonds. The number of hydrogen-bond acceptors (Lipinski definition) is 2. The van der Waals surface area contributed by atoms with Gasteiger partial charge in [0.2, 0.25) is 0 Å². The zero-order valence-corrected chi connectivity index (χ0v) is 8.93. The Morgan fingerprint density at radius 1 is 1.18 bits per heavy atom. The Morgan fingerprint density at radius 3 is 2.53 bits per heavy atom. The predicted octanol–water partition coefficient (Wildman–Crippen LogP) is 3.11. The maximum absolute atomic E-state index is 10.6. The average Bonchev–Trinajstić information content (AvgIpc) is 2.27. The zero-order valence-electron chi connectivity index (χ0n) is 8.93. The van der Waals surface area contributed by atoms with E-state index in [4.69, 9.17) is 9.84 Å². The fourth-order valence-corrected chi connectivity index (χ4v) is 1.69. The number of carboxylic acids is 1. The fraction of sp³-hybridized carbons (Fsp3) is 0.214. The molecule has 1 N–H and O–H groups in total. The topological polar surface area (TPSA) is 46.5 Å². The molecule has 0 unspecified atom stereocenters. The number of hydrogen-bond donors (Lipinski definition) is 1. The molecule has 17 heavy (non-hydrogen) atoms. The summed E-state index contributed by atoms with van der Waals surface area (Å²) in [5.41, 5.74) is 0.799. The maximum Gasteiger partial charge on any atom is 0.307 e. The molecule has 0 aliphatic carbocycles. The molecule has 3 nitrogen and oxygen atoms in total. The van der Waals surface area contributed by atoms with Gasteiger partial charge in [-0.05, 0) is 28.5 Å². The van der Waals surface area contributed by atoms with Gasteiger partial charge >= 0.3 is 5.97 Å². The number of aliphatic carboxylic acids is 1. The number of carboxylic acid groups (broad SMARTS) is 1. The van der Waals surface area contributed by atoms with Crippen molar-refractivity contribution >= 4 is 16.7 Å². The quantitative estimate of drug-likeness (QED) is 0.884. The van der Waals surface area contributed by atoms with Crippen LogP contribution in [0.4, 0.5) is 0 Å². The molecule has 0 radical (unpaired) electrons. The predicted molar refractivity (Wildman–Crippen MR) is 68.6 cm³/mol. The van der Waals surface area contributed by atoms with Gasteiger partial charge in [0.05, 0.1) is 13.5 Å². The van der Waals surface area contributed by atoms with E-state index >= 15 is 0 Å². The first-order valence-corrected chi connectivity index (χ1v) is 4.97. The highest BCUT2D eigenvalue weighted by atomic mass is 16.5. The first kappa shape index (κ1) is 13.0. The normalized spacial score (nSPS) is 9.71. The van der Waals surface area contributed by atoms with E-state index in [1.807, 2.05) is 36.4 Å². The lowest BCUT2D eigenvalue weighted by atomic mass is 10.0. The third kappa shape index (κ3) is 2.97. The van der Waals surface area contributed by atoms with E-state index in [-0.39, 0.29) is 13.8 Å². The van der Waals surface area contributed by atoms with Gasteiger partial charge in [0.15, 0.2) is 0 Å². The molecule has 2 aromatic carbocycles. The highest BCUT2D eigenvalue weighted by molar-refractivity contribution is 5.85. The first-order valence-electron chi connectivity index (χ1n) is 4.97. The Bertz CT molecular complexity index is 532. The highest BCUT2D eigenvalue weighted by Crippen LogP contribution is 2.22. The van der Waals surface area contributed by atoms with Crippen LogP contribution in [0.25, 0.3) is 10.8 Å². The lowest BCUT2D eigenvalue weighted by Crippen LogP contribution is -1.99. The van der Waals surface area contributed by atoms with Gasteiger partial charge in [-0.15, -0.1) is 0 Å². The van der Waals surface area contributed by atoms with Crippen molar-refractivity contribution in [2.45, 2.75) is 13.8 Å². The molecule has 0 heterocycles. The van der Waals surface area contributed by atoms with Crippen LogP contribution < -0.4 is 4.74 Å². The number of benzene rings is 2. The van der Waals surface area contributed by atoms with Gasteiger partial charge in [0.1, 0.15) is 5.75 Å². The lowest BCUT2D eigenvalue weighted by molar-refractivity contribution is -0.136. The van der Waals surface area contributed by atoms with Gasteiger partial charge in [0.25, 0.3) is 0 Å². The van der Waals surface area contributed by atoms with Crippen LogP contribution in [0.1, 0.15) is 13.0 Å². The van der Waals surface area contributed by atoms with E-state index in [9.17, 15) is 4.79 Å². The van der Waals surface area contributed by atoms with E-state index in [2.05, 4.69) is 0 Å². The van der Waals surface area contributed by atoms with E-state index in [0.29, 0.717) is 0 Å². The minimum absolute atomic E-state index is 0. The van der Waals surface area contributed by atoms with Crippen molar-refractivity contribution in [2.24, 2.45) is 0 Å². The molecule has 2 aromatic rings. The smallest absolute Gasteiger partial charge is 0.307 e. The Kier molecular flexibility index (Phi) is 4.10. The molecule has 0 aliphatic rings. The Balaban J connectivity index is 0.00000144. The third-order valence-electron chi connectivity index (χ3n) is 2.47. The second-order valence-corrected chi connectivity index (χ2v) is 3.62. The van der Waals surface area contributed by atoms with Crippen LogP contribution in [-0.2, 0) is 11.2 Å². The summed E-state index contributed by atoms with van der Waals surface area (Å²) in [6.07, 6.45) is 0.0488. The summed E-state index contributed by atoms with van der Waals surface area (Å²) in [5, 5.41) is 10.8. The minimum atomic E-state index is -0.817. The summed E-state index contributed by atoms with van der Waals surface area (Å²) in [6.45, 7) is 0. The van der Waals surface area contributed by atoms with Crippen LogP contribution in [0.5, 0.6) is 5.75 Å². The molecular weight excluding hydrogens is 216 g/mol. The number of ether oxygens (including phenoxy) is 1. The zero-order chi connectivity index (χ0) is 11.5. The number of fused-ring (bicyclic) bond motifs is 1.